The second-order valence-corrected chi connectivity index (χ2v) is 10.1. The van der Waals surface area contributed by atoms with Crippen molar-refractivity contribution in [3.8, 4) is 5.75 Å². The number of methoxy groups -OCH3 is 1. The van der Waals surface area contributed by atoms with Crippen LogP contribution in [0.3, 0.4) is 0 Å². The highest BCUT2D eigenvalue weighted by Crippen LogP contribution is 2.33. The zero-order valence-electron chi connectivity index (χ0n) is 19.7. The number of pyridine rings is 1. The smallest absolute Gasteiger partial charge is 0.267 e. The van der Waals surface area contributed by atoms with Gasteiger partial charge in [-0.1, -0.05) is 42.2 Å². The molecule has 8 nitrogen and oxygen atoms in total. The highest BCUT2D eigenvalue weighted by molar-refractivity contribution is 8.26. The Bertz CT molecular complexity index is 1430. The van der Waals surface area contributed by atoms with Crippen LogP contribution in [0.5, 0.6) is 5.75 Å². The molecule has 180 valence electrons. The van der Waals surface area contributed by atoms with Crippen LogP contribution in [0.15, 0.2) is 52.3 Å². The lowest BCUT2D eigenvalue weighted by Crippen LogP contribution is -2.47. The van der Waals surface area contributed by atoms with Crippen molar-refractivity contribution in [1.29, 1.82) is 0 Å². The van der Waals surface area contributed by atoms with E-state index in [9.17, 15) is 9.59 Å². The molecule has 2 aromatic heterocycles. The standard InChI is InChI=1S/C25H25N5O3S2/c1-16-7-6-10-30-21(16)26-22(17(23(30)31)15-20-24(32)27(2)25(34)35-20)29-13-11-28(12-14-29)18-8-4-5-9-19(18)33-3/h4-10,15H,11-14H2,1-3H3. The normalized spacial score (nSPS) is 17.7. The monoisotopic (exact) mass is 507 g/mol. The lowest BCUT2D eigenvalue weighted by molar-refractivity contribution is -0.121. The quantitative estimate of drug-likeness (QED) is 0.394. The van der Waals surface area contributed by atoms with E-state index >= 15 is 0 Å². The van der Waals surface area contributed by atoms with Crippen molar-refractivity contribution in [1.82, 2.24) is 14.3 Å². The van der Waals surface area contributed by atoms with Crippen molar-refractivity contribution in [3.63, 3.8) is 0 Å². The number of thioether (sulfide) groups is 1. The van der Waals surface area contributed by atoms with Crippen LogP contribution < -0.4 is 20.1 Å². The first kappa shape index (κ1) is 23.4. The van der Waals surface area contributed by atoms with Gasteiger partial charge in [0, 0.05) is 39.4 Å². The Morgan fingerprint density at radius 1 is 1.06 bits per heavy atom. The first-order valence-corrected chi connectivity index (χ1v) is 12.5. The van der Waals surface area contributed by atoms with Gasteiger partial charge in [0.15, 0.2) is 0 Å². The fourth-order valence-corrected chi connectivity index (χ4v) is 5.56. The fraction of sp³-hybridized carbons (Fsp3) is 0.280. The highest BCUT2D eigenvalue weighted by atomic mass is 32.2. The van der Waals surface area contributed by atoms with E-state index in [1.165, 1.54) is 16.7 Å². The number of nitrogens with zero attached hydrogens (tertiary/aromatic N) is 5. The van der Waals surface area contributed by atoms with Crippen molar-refractivity contribution in [2.24, 2.45) is 0 Å². The number of carbonyl (C=O) groups excluding carboxylic acids is 1. The Morgan fingerprint density at radius 2 is 1.77 bits per heavy atom. The topological polar surface area (TPSA) is 70.4 Å². The Hall–Kier alpha value is -3.37. The largest absolute Gasteiger partial charge is 0.495 e. The number of hydrogen-bond donors (Lipinski definition) is 0. The summed E-state index contributed by atoms with van der Waals surface area (Å²) in [6, 6.07) is 11.7. The van der Waals surface area contributed by atoms with Crippen LogP contribution in [0.25, 0.3) is 11.7 Å². The number of anilines is 2. The van der Waals surface area contributed by atoms with Gasteiger partial charge in [0.05, 0.1) is 23.3 Å². The molecule has 0 radical (unpaired) electrons. The van der Waals surface area contributed by atoms with E-state index in [-0.39, 0.29) is 11.5 Å². The summed E-state index contributed by atoms with van der Waals surface area (Å²) in [5.74, 6) is 1.21. The summed E-state index contributed by atoms with van der Waals surface area (Å²) in [6.07, 6.45) is 3.36. The third kappa shape index (κ3) is 4.17. The molecule has 2 aliphatic rings. The van der Waals surface area contributed by atoms with Gasteiger partial charge in [0.25, 0.3) is 11.5 Å². The van der Waals surface area contributed by atoms with Crippen LogP contribution in [-0.4, -0.2) is 64.8 Å². The molecule has 0 bridgehead atoms. The number of likely N-dealkylation sites (N-methyl/N-ethyl adjacent to an activating group) is 1. The molecule has 4 heterocycles. The first-order chi connectivity index (χ1) is 16.9. The summed E-state index contributed by atoms with van der Waals surface area (Å²) in [6.45, 7) is 4.76. The van der Waals surface area contributed by atoms with Gasteiger partial charge in [-0.3, -0.25) is 18.9 Å². The molecule has 2 aliphatic heterocycles. The van der Waals surface area contributed by atoms with Gasteiger partial charge in [0.2, 0.25) is 0 Å². The van der Waals surface area contributed by atoms with Crippen LogP contribution >= 0.6 is 24.0 Å². The molecule has 3 aromatic rings. The number of thiocarbonyl (C=S) groups is 1. The van der Waals surface area contributed by atoms with E-state index in [0.717, 1.165) is 30.1 Å². The Morgan fingerprint density at radius 3 is 2.46 bits per heavy atom. The third-order valence-electron chi connectivity index (χ3n) is 6.33. The number of carbonyl (C=O) groups is 1. The van der Waals surface area contributed by atoms with Crippen molar-refractivity contribution in [2.45, 2.75) is 6.92 Å². The number of hydrogen-bond acceptors (Lipinski definition) is 8. The minimum atomic E-state index is -0.208. The van der Waals surface area contributed by atoms with Crippen LogP contribution in [0.2, 0.25) is 0 Å². The zero-order chi connectivity index (χ0) is 24.7. The number of aryl methyl sites for hydroxylation is 1. The van der Waals surface area contributed by atoms with Crippen molar-refractivity contribution >= 4 is 57.4 Å². The first-order valence-electron chi connectivity index (χ1n) is 11.3. The summed E-state index contributed by atoms with van der Waals surface area (Å²) in [7, 11) is 3.32. The maximum absolute atomic E-state index is 13.6. The maximum atomic E-state index is 13.6. The minimum Gasteiger partial charge on any atom is -0.495 e. The Kier molecular flexibility index (Phi) is 6.24. The molecule has 0 N–H and O–H groups in total. The average molecular weight is 508 g/mol. The molecular formula is C25H25N5O3S2. The average Bonchev–Trinajstić information content (AvgIpc) is 3.12. The molecular weight excluding hydrogens is 482 g/mol. The van der Waals surface area contributed by atoms with Gasteiger partial charge in [-0.15, -0.1) is 0 Å². The van der Waals surface area contributed by atoms with Crippen molar-refractivity contribution in [3.05, 3.63) is 69.0 Å². The van der Waals surface area contributed by atoms with Gasteiger partial charge in [0.1, 0.15) is 21.5 Å². The number of amides is 1. The fourth-order valence-electron chi connectivity index (χ4n) is 4.39. The number of benzene rings is 1. The van der Waals surface area contributed by atoms with Gasteiger partial charge >= 0.3 is 0 Å². The molecule has 0 aliphatic carbocycles. The molecule has 0 atom stereocenters. The predicted molar refractivity (Wildman–Crippen MR) is 145 cm³/mol. The zero-order valence-corrected chi connectivity index (χ0v) is 21.4. The lowest BCUT2D eigenvalue weighted by atomic mass is 10.2. The van der Waals surface area contributed by atoms with Crippen molar-refractivity contribution in [2.75, 3.05) is 50.1 Å². The van der Waals surface area contributed by atoms with E-state index < -0.39 is 0 Å². The summed E-state index contributed by atoms with van der Waals surface area (Å²) >= 11 is 6.48. The number of piperazine rings is 1. The van der Waals surface area contributed by atoms with Crippen LogP contribution in [-0.2, 0) is 4.79 Å². The summed E-state index contributed by atoms with van der Waals surface area (Å²) in [5.41, 5.74) is 2.75. The van der Waals surface area contributed by atoms with Crippen LogP contribution in [0, 0.1) is 6.92 Å². The highest BCUT2D eigenvalue weighted by Gasteiger charge is 2.31. The Labute approximate surface area is 212 Å². The van der Waals surface area contributed by atoms with E-state index in [2.05, 4.69) is 15.9 Å². The van der Waals surface area contributed by atoms with Crippen LogP contribution in [0.1, 0.15) is 11.1 Å². The third-order valence-corrected chi connectivity index (χ3v) is 7.82. The molecule has 0 unspecified atom stereocenters. The molecule has 35 heavy (non-hydrogen) atoms. The van der Waals surface area contributed by atoms with Gasteiger partial charge in [-0.05, 0) is 36.8 Å². The number of aromatic nitrogens is 2. The second kappa shape index (κ2) is 9.35. The minimum absolute atomic E-state index is 0.206. The van der Waals surface area contributed by atoms with E-state index in [1.807, 2.05) is 37.3 Å². The van der Waals surface area contributed by atoms with Crippen LogP contribution in [0.4, 0.5) is 11.5 Å². The summed E-state index contributed by atoms with van der Waals surface area (Å²) in [5, 5.41) is 0. The molecule has 5 rings (SSSR count). The number of ether oxygens (including phenoxy) is 1. The molecule has 2 saturated heterocycles. The Balaban J connectivity index is 1.55. The second-order valence-electron chi connectivity index (χ2n) is 8.43. The lowest BCUT2D eigenvalue weighted by Gasteiger charge is -2.37. The van der Waals surface area contributed by atoms with Gasteiger partial charge in [-0.25, -0.2) is 4.98 Å². The van der Waals surface area contributed by atoms with Gasteiger partial charge < -0.3 is 14.5 Å². The molecule has 1 amide bonds. The van der Waals surface area contributed by atoms with E-state index in [1.54, 1.807) is 30.8 Å². The molecule has 2 fully saturated rings. The van der Waals surface area contributed by atoms with E-state index in [0.29, 0.717) is 39.3 Å². The number of rotatable bonds is 4. The molecule has 1 aromatic carbocycles. The van der Waals surface area contributed by atoms with Crippen molar-refractivity contribution < 1.29 is 9.53 Å². The van der Waals surface area contributed by atoms with Gasteiger partial charge in [-0.2, -0.15) is 0 Å². The SMILES string of the molecule is COc1ccccc1N1CCN(c2nc3c(C)cccn3c(=O)c2C=C2SC(=S)N(C)C2=O)CC1. The molecule has 0 saturated carbocycles. The molecule has 10 heteroatoms. The summed E-state index contributed by atoms with van der Waals surface area (Å²) in [4.78, 5) is 37.5. The van der Waals surface area contributed by atoms with E-state index in [4.69, 9.17) is 21.9 Å². The number of para-hydroxylation sites is 2. The number of fused-ring (bicyclic) bond motifs is 1. The predicted octanol–water partition coefficient (Wildman–Crippen LogP) is 3.17. The summed E-state index contributed by atoms with van der Waals surface area (Å²) < 4.78 is 7.55. The molecule has 0 spiro atoms. The maximum Gasteiger partial charge on any atom is 0.267 e.